The van der Waals surface area contributed by atoms with Gasteiger partial charge in [-0.1, -0.05) is 66.4 Å². The molecule has 1 N–H and O–H groups in total. The molecule has 34 heavy (non-hydrogen) atoms. The second-order valence-corrected chi connectivity index (χ2v) is 8.75. The summed E-state index contributed by atoms with van der Waals surface area (Å²) in [5, 5.41) is 9.57. The summed E-state index contributed by atoms with van der Waals surface area (Å²) in [4.78, 5) is 26.6. The van der Waals surface area contributed by atoms with E-state index in [0.717, 1.165) is 26.5 Å². The summed E-state index contributed by atoms with van der Waals surface area (Å²) in [6, 6.07) is 21.1. The number of methoxy groups -OCH3 is 1. The Morgan fingerprint density at radius 1 is 0.912 bits per heavy atom. The summed E-state index contributed by atoms with van der Waals surface area (Å²) >= 11 is 1.58. The van der Waals surface area contributed by atoms with Gasteiger partial charge in [-0.05, 0) is 60.7 Å². The van der Waals surface area contributed by atoms with Gasteiger partial charge in [0.05, 0.1) is 30.6 Å². The van der Waals surface area contributed by atoms with E-state index in [1.54, 1.807) is 25.8 Å². The zero-order chi connectivity index (χ0) is 24.7. The molecule has 0 aliphatic heterocycles. The molecular weight excluding hydrogens is 448 g/mol. The fourth-order valence-corrected chi connectivity index (χ4v) is 4.85. The molecule has 3 aromatic carbocycles. The minimum Gasteiger partial charge on any atom is -0.496 e. The van der Waals surface area contributed by atoms with Crippen molar-refractivity contribution in [1.82, 2.24) is 0 Å². The first-order valence-corrected chi connectivity index (χ1v) is 11.8. The summed E-state index contributed by atoms with van der Waals surface area (Å²) in [5.41, 5.74) is 4.38. The molecule has 0 heterocycles. The number of carboxylic acids is 1. The molecule has 3 rings (SSSR count). The van der Waals surface area contributed by atoms with Crippen LogP contribution in [-0.4, -0.2) is 30.8 Å². The van der Waals surface area contributed by atoms with Crippen molar-refractivity contribution in [3.63, 3.8) is 0 Å². The highest BCUT2D eigenvalue weighted by atomic mass is 32.2. The van der Waals surface area contributed by atoms with E-state index in [1.165, 1.54) is 0 Å². The zero-order valence-corrected chi connectivity index (χ0v) is 20.6. The highest BCUT2D eigenvalue weighted by molar-refractivity contribution is 7.99. The van der Waals surface area contributed by atoms with Gasteiger partial charge in [0.15, 0.2) is 0 Å². The number of hydrogen-bond donors (Lipinski definition) is 1. The molecule has 0 saturated carbocycles. The van der Waals surface area contributed by atoms with E-state index in [4.69, 9.17) is 9.47 Å². The van der Waals surface area contributed by atoms with Crippen LogP contribution in [0.25, 0.3) is 5.57 Å². The van der Waals surface area contributed by atoms with E-state index in [0.29, 0.717) is 16.9 Å². The van der Waals surface area contributed by atoms with Gasteiger partial charge in [0.25, 0.3) is 0 Å². The lowest BCUT2D eigenvalue weighted by atomic mass is 9.91. The molecule has 6 heteroatoms. The van der Waals surface area contributed by atoms with E-state index < -0.39 is 18.4 Å². The number of carbonyl (C=O) groups excluding carboxylic acids is 1. The third-order valence-electron chi connectivity index (χ3n) is 5.29. The minimum absolute atomic E-state index is 0.105. The number of carbonyl (C=O) groups is 2. The Hall–Kier alpha value is -3.51. The molecule has 5 nitrogen and oxygen atoms in total. The maximum Gasteiger partial charge on any atom is 0.335 e. The lowest BCUT2D eigenvalue weighted by Crippen LogP contribution is -2.14. The maximum atomic E-state index is 12.9. The van der Waals surface area contributed by atoms with E-state index in [2.05, 4.69) is 26.0 Å². The Morgan fingerprint density at radius 2 is 1.59 bits per heavy atom. The Balaban J connectivity index is 2.25. The normalized spacial score (nSPS) is 11.5. The maximum absolute atomic E-state index is 12.9. The molecule has 0 atom stereocenters. The van der Waals surface area contributed by atoms with Crippen molar-refractivity contribution in [1.29, 1.82) is 0 Å². The summed E-state index contributed by atoms with van der Waals surface area (Å²) in [5.74, 6) is -1.04. The summed E-state index contributed by atoms with van der Waals surface area (Å²) in [6.07, 6.45) is -0.450. The monoisotopic (exact) mass is 476 g/mol. The van der Waals surface area contributed by atoms with E-state index >= 15 is 0 Å². The van der Waals surface area contributed by atoms with Crippen molar-refractivity contribution in [2.75, 3.05) is 13.7 Å². The minimum atomic E-state index is -1.10. The number of ether oxygens (including phenoxy) is 2. The highest BCUT2D eigenvalue weighted by Gasteiger charge is 2.23. The predicted molar refractivity (Wildman–Crippen MR) is 134 cm³/mol. The first-order valence-electron chi connectivity index (χ1n) is 11.0. The zero-order valence-electron chi connectivity index (χ0n) is 19.8. The van der Waals surface area contributed by atoms with Gasteiger partial charge >= 0.3 is 11.9 Å². The average molecular weight is 477 g/mol. The Morgan fingerprint density at radius 3 is 2.18 bits per heavy atom. The third kappa shape index (κ3) is 5.88. The van der Waals surface area contributed by atoms with Gasteiger partial charge in [0.1, 0.15) is 5.75 Å². The molecule has 0 aromatic heterocycles. The smallest absolute Gasteiger partial charge is 0.335 e. The molecule has 0 spiro atoms. The third-order valence-corrected chi connectivity index (χ3v) is 6.67. The van der Waals surface area contributed by atoms with Crippen molar-refractivity contribution in [3.8, 4) is 5.75 Å². The number of aryl methyl sites for hydroxylation is 2. The van der Waals surface area contributed by atoms with Gasteiger partial charge < -0.3 is 14.6 Å². The first-order chi connectivity index (χ1) is 16.3. The van der Waals surface area contributed by atoms with E-state index in [1.807, 2.05) is 54.6 Å². The summed E-state index contributed by atoms with van der Waals surface area (Å²) in [7, 11) is 1.62. The van der Waals surface area contributed by atoms with Gasteiger partial charge in [0.2, 0.25) is 0 Å². The van der Waals surface area contributed by atoms with Crippen molar-refractivity contribution >= 4 is 29.3 Å². The van der Waals surface area contributed by atoms with Gasteiger partial charge in [-0.15, -0.1) is 0 Å². The molecular formula is C28H28O5S. The van der Waals surface area contributed by atoms with Crippen molar-refractivity contribution in [3.05, 3.63) is 94.6 Å². The van der Waals surface area contributed by atoms with Crippen LogP contribution in [0.3, 0.4) is 0 Å². The van der Waals surface area contributed by atoms with Crippen molar-refractivity contribution < 1.29 is 24.2 Å². The van der Waals surface area contributed by atoms with Crippen LogP contribution in [0.15, 0.2) is 82.1 Å². The lowest BCUT2D eigenvalue weighted by Gasteiger charge is -2.18. The SMILES string of the molecule is CCOC(=O)/C(CC(=O)O)=C(\c1ccccc1)c1ccc(OC)c(Sc2c(C)cccc2C)c1. The van der Waals surface area contributed by atoms with Gasteiger partial charge in [-0.2, -0.15) is 0 Å². The predicted octanol–water partition coefficient (Wildman–Crippen LogP) is 6.30. The molecule has 0 radical (unpaired) electrons. The van der Waals surface area contributed by atoms with E-state index in [-0.39, 0.29) is 12.2 Å². The Kier molecular flexibility index (Phi) is 8.55. The number of rotatable bonds is 9. The fraction of sp³-hybridized carbons (Fsp3) is 0.214. The highest BCUT2D eigenvalue weighted by Crippen LogP contribution is 2.41. The molecule has 0 aliphatic carbocycles. The van der Waals surface area contributed by atoms with Crippen LogP contribution in [0.2, 0.25) is 0 Å². The largest absolute Gasteiger partial charge is 0.496 e. The lowest BCUT2D eigenvalue weighted by molar-refractivity contribution is -0.142. The standard InChI is InChI=1S/C28H28O5S/c1-5-33-28(31)22(17-25(29)30)26(20-12-7-6-8-13-20)21-14-15-23(32-4)24(16-21)34-27-18(2)10-9-11-19(27)3/h6-16H,5,17H2,1-4H3,(H,29,30)/b26-22+. The number of hydrogen-bond acceptors (Lipinski definition) is 5. The molecule has 0 amide bonds. The Labute approximate surface area is 204 Å². The first kappa shape index (κ1) is 25.1. The van der Waals surface area contributed by atoms with Crippen LogP contribution >= 0.6 is 11.8 Å². The van der Waals surface area contributed by atoms with Crippen LogP contribution < -0.4 is 4.74 Å². The molecule has 0 unspecified atom stereocenters. The summed E-state index contributed by atoms with van der Waals surface area (Å²) in [6.45, 7) is 5.98. The number of benzene rings is 3. The molecule has 0 aliphatic rings. The number of carboxylic acid groups (broad SMARTS) is 1. The van der Waals surface area contributed by atoms with Gasteiger partial charge in [-0.3, -0.25) is 4.79 Å². The van der Waals surface area contributed by atoms with Crippen LogP contribution in [0, 0.1) is 13.8 Å². The van der Waals surface area contributed by atoms with Crippen LogP contribution in [0.5, 0.6) is 5.75 Å². The molecule has 0 fully saturated rings. The second kappa shape index (κ2) is 11.6. The van der Waals surface area contributed by atoms with Gasteiger partial charge in [-0.25, -0.2) is 4.79 Å². The van der Waals surface area contributed by atoms with Crippen LogP contribution in [0.1, 0.15) is 35.6 Å². The average Bonchev–Trinajstić information content (AvgIpc) is 2.82. The molecule has 0 bridgehead atoms. The van der Waals surface area contributed by atoms with E-state index in [9.17, 15) is 14.7 Å². The molecule has 0 saturated heterocycles. The fourth-order valence-electron chi connectivity index (χ4n) is 3.73. The van der Waals surface area contributed by atoms with Crippen molar-refractivity contribution in [2.45, 2.75) is 37.0 Å². The number of aliphatic carboxylic acids is 1. The second-order valence-electron chi connectivity index (χ2n) is 7.70. The van der Waals surface area contributed by atoms with Gasteiger partial charge in [0, 0.05) is 4.90 Å². The number of esters is 1. The topological polar surface area (TPSA) is 72.8 Å². The molecule has 3 aromatic rings. The molecule has 176 valence electrons. The Bertz CT molecular complexity index is 1190. The van der Waals surface area contributed by atoms with Crippen molar-refractivity contribution in [2.24, 2.45) is 0 Å². The summed E-state index contributed by atoms with van der Waals surface area (Å²) < 4.78 is 10.9. The quantitative estimate of drug-likeness (QED) is 0.288. The van der Waals surface area contributed by atoms with Crippen LogP contribution in [0.4, 0.5) is 0 Å². The van der Waals surface area contributed by atoms with Crippen LogP contribution in [-0.2, 0) is 14.3 Å².